The van der Waals surface area contributed by atoms with Crippen LogP contribution in [-0.4, -0.2) is 19.1 Å². The first-order chi connectivity index (χ1) is 20.9. The minimum absolute atomic E-state index is 0.157. The van der Waals surface area contributed by atoms with Gasteiger partial charge in [-0.3, -0.25) is 9.13 Å². The number of halogens is 9. The summed E-state index contributed by atoms with van der Waals surface area (Å²) in [6, 6.07) is 15.9. The molecule has 224 valence electrons. The summed E-state index contributed by atoms with van der Waals surface area (Å²) in [6.45, 7) is 1.71. The van der Waals surface area contributed by atoms with Gasteiger partial charge in [0.05, 0.1) is 34.9 Å². The minimum atomic E-state index is -1.000. The summed E-state index contributed by atoms with van der Waals surface area (Å²) >= 11 is 14.9. The van der Waals surface area contributed by atoms with Gasteiger partial charge >= 0.3 is 0 Å². The molecule has 0 aliphatic rings. The number of aryl methyl sites for hydroxylation is 1. The summed E-state index contributed by atoms with van der Waals surface area (Å²) in [4.78, 5) is 8.12. The summed E-state index contributed by atoms with van der Waals surface area (Å²) < 4.78 is 85.6. The van der Waals surface area contributed by atoms with Gasteiger partial charge in [-0.2, -0.15) is 0 Å². The van der Waals surface area contributed by atoms with E-state index in [1.807, 2.05) is 0 Å². The second-order valence-electron chi connectivity index (χ2n) is 9.22. The SMILES string of the molecule is Cc1ncc(-c2c(F)cc(F)cc2F)n1-c1ccc(Cl)cc1.Fc1cc(F)c(-c2cnc(Br)n2-c2ccc(Cl)cc2)c(F)c1. The van der Waals surface area contributed by atoms with E-state index in [9.17, 15) is 26.3 Å². The van der Waals surface area contributed by atoms with Gasteiger partial charge in [0.2, 0.25) is 0 Å². The Labute approximate surface area is 265 Å². The molecule has 0 saturated carbocycles. The molecule has 0 saturated heterocycles. The van der Waals surface area contributed by atoms with E-state index in [1.165, 1.54) is 17.0 Å². The third-order valence-electron chi connectivity index (χ3n) is 6.35. The maximum atomic E-state index is 14.0. The smallest absolute Gasteiger partial charge is 0.182 e. The van der Waals surface area contributed by atoms with Crippen LogP contribution in [-0.2, 0) is 0 Å². The minimum Gasteiger partial charge on any atom is -0.296 e. The van der Waals surface area contributed by atoms with Gasteiger partial charge in [-0.05, 0) is 71.4 Å². The quantitative estimate of drug-likeness (QED) is 0.171. The summed E-state index contributed by atoms with van der Waals surface area (Å²) in [7, 11) is 0. The lowest BCUT2D eigenvalue weighted by molar-refractivity contribution is 0.546. The predicted molar refractivity (Wildman–Crippen MR) is 160 cm³/mol. The first kappa shape index (κ1) is 31.4. The van der Waals surface area contributed by atoms with E-state index in [4.69, 9.17) is 23.2 Å². The van der Waals surface area contributed by atoms with Gasteiger partial charge < -0.3 is 0 Å². The number of aromatic nitrogens is 4. The van der Waals surface area contributed by atoms with Crippen molar-refractivity contribution in [2.75, 3.05) is 0 Å². The second kappa shape index (κ2) is 12.9. The van der Waals surface area contributed by atoms with Crippen molar-refractivity contribution in [2.45, 2.75) is 6.92 Å². The number of hydrogen-bond donors (Lipinski definition) is 0. The summed E-state index contributed by atoms with van der Waals surface area (Å²) in [5.74, 6) is -5.36. The van der Waals surface area contributed by atoms with Crippen LogP contribution in [0.4, 0.5) is 26.3 Å². The van der Waals surface area contributed by atoms with Crippen molar-refractivity contribution < 1.29 is 26.3 Å². The lowest BCUT2D eigenvalue weighted by Crippen LogP contribution is -2.02. The van der Waals surface area contributed by atoms with Crippen LogP contribution in [0.15, 0.2) is 89.9 Å². The average Bonchev–Trinajstić information content (AvgIpc) is 3.51. The van der Waals surface area contributed by atoms with Gasteiger partial charge in [-0.15, -0.1) is 0 Å². The standard InChI is InChI=1S/C16H10ClF3N2.C15H7BrClF3N2/c1-9-21-8-15(16-13(19)6-11(18)7-14(16)20)22(9)12-4-2-10(17)3-5-12;16-15-21-7-13(14-11(19)5-9(18)6-12(14)20)22(15)10-3-1-8(17)2-4-10/h2-8H,1H3;1-7H. The summed E-state index contributed by atoms with van der Waals surface area (Å²) in [6.07, 6.45) is 2.65. The second-order valence-corrected chi connectivity index (χ2v) is 10.8. The lowest BCUT2D eigenvalue weighted by Gasteiger charge is -2.12. The molecular formula is C31H17BrCl2F6N4. The molecule has 0 aliphatic carbocycles. The number of benzene rings is 4. The third-order valence-corrected chi connectivity index (χ3v) is 7.42. The molecule has 4 nitrogen and oxygen atoms in total. The Hall–Kier alpha value is -4.06. The van der Waals surface area contributed by atoms with E-state index in [-0.39, 0.29) is 22.5 Å². The average molecular weight is 710 g/mol. The van der Waals surface area contributed by atoms with Gasteiger partial charge in [0.25, 0.3) is 0 Å². The molecule has 44 heavy (non-hydrogen) atoms. The maximum absolute atomic E-state index is 14.0. The van der Waals surface area contributed by atoms with E-state index in [2.05, 4.69) is 25.9 Å². The molecule has 0 spiro atoms. The Kier molecular flexibility index (Phi) is 9.19. The van der Waals surface area contributed by atoms with Gasteiger partial charge in [0, 0.05) is 45.7 Å². The fourth-order valence-corrected chi connectivity index (χ4v) is 5.20. The largest absolute Gasteiger partial charge is 0.296 e. The number of nitrogens with zero attached hydrogens (tertiary/aromatic N) is 4. The van der Waals surface area contributed by atoms with Crippen LogP contribution < -0.4 is 0 Å². The van der Waals surface area contributed by atoms with Crippen molar-refractivity contribution in [3.05, 3.63) is 141 Å². The van der Waals surface area contributed by atoms with Crippen LogP contribution >= 0.6 is 39.1 Å². The summed E-state index contributed by atoms with van der Waals surface area (Å²) in [5.41, 5.74) is 0.940. The fourth-order valence-electron chi connectivity index (χ4n) is 4.45. The maximum Gasteiger partial charge on any atom is 0.182 e. The molecular weight excluding hydrogens is 693 g/mol. The van der Waals surface area contributed by atoms with E-state index in [0.29, 0.717) is 56.2 Å². The molecule has 0 radical (unpaired) electrons. The normalized spacial score (nSPS) is 11.0. The van der Waals surface area contributed by atoms with Crippen molar-refractivity contribution in [2.24, 2.45) is 0 Å². The molecule has 2 aromatic heterocycles. The molecule has 0 unspecified atom stereocenters. The Bertz CT molecular complexity index is 1790. The van der Waals surface area contributed by atoms with E-state index >= 15 is 0 Å². The lowest BCUT2D eigenvalue weighted by atomic mass is 10.1. The zero-order valence-corrected chi connectivity index (χ0v) is 25.4. The Morgan fingerprint density at radius 1 is 0.568 bits per heavy atom. The highest BCUT2D eigenvalue weighted by atomic mass is 79.9. The van der Waals surface area contributed by atoms with E-state index in [1.54, 1.807) is 60.0 Å². The molecule has 6 rings (SSSR count). The molecule has 6 aromatic rings. The molecule has 0 fully saturated rings. The van der Waals surface area contributed by atoms with Crippen LogP contribution in [0.3, 0.4) is 0 Å². The van der Waals surface area contributed by atoms with Crippen LogP contribution in [0.1, 0.15) is 5.82 Å². The molecule has 0 amide bonds. The summed E-state index contributed by atoms with van der Waals surface area (Å²) in [5, 5.41) is 1.07. The van der Waals surface area contributed by atoms with Gasteiger partial charge in [-0.25, -0.2) is 36.3 Å². The molecule has 0 atom stereocenters. The van der Waals surface area contributed by atoms with Gasteiger partial charge in [-0.1, -0.05) is 23.2 Å². The van der Waals surface area contributed by atoms with E-state index in [0.717, 1.165) is 0 Å². The van der Waals surface area contributed by atoms with Crippen LogP contribution in [0.2, 0.25) is 10.0 Å². The number of hydrogen-bond acceptors (Lipinski definition) is 2. The first-order valence-electron chi connectivity index (χ1n) is 12.5. The zero-order valence-electron chi connectivity index (χ0n) is 22.3. The van der Waals surface area contributed by atoms with Gasteiger partial charge in [0.15, 0.2) is 4.73 Å². The first-order valence-corrected chi connectivity index (χ1v) is 14.1. The van der Waals surface area contributed by atoms with Crippen LogP contribution in [0.25, 0.3) is 33.9 Å². The molecule has 2 heterocycles. The third kappa shape index (κ3) is 6.40. The Morgan fingerprint density at radius 2 is 0.932 bits per heavy atom. The van der Waals surface area contributed by atoms with Gasteiger partial charge in [0.1, 0.15) is 40.7 Å². The van der Waals surface area contributed by atoms with Crippen molar-refractivity contribution >= 4 is 39.1 Å². The van der Waals surface area contributed by atoms with Crippen molar-refractivity contribution in [1.29, 1.82) is 0 Å². The molecule has 13 heteroatoms. The van der Waals surface area contributed by atoms with Crippen LogP contribution in [0.5, 0.6) is 0 Å². The van der Waals surface area contributed by atoms with E-state index < -0.39 is 34.9 Å². The Balaban J connectivity index is 0.000000175. The molecule has 0 N–H and O–H groups in total. The van der Waals surface area contributed by atoms with Crippen molar-refractivity contribution in [1.82, 2.24) is 19.1 Å². The highest BCUT2D eigenvalue weighted by Gasteiger charge is 2.21. The predicted octanol–water partition coefficient (Wildman–Crippen LogP) is 10.3. The van der Waals surface area contributed by atoms with Crippen molar-refractivity contribution in [3.63, 3.8) is 0 Å². The zero-order chi connectivity index (χ0) is 31.7. The Morgan fingerprint density at radius 3 is 1.36 bits per heavy atom. The number of imidazole rings is 2. The molecule has 4 aromatic carbocycles. The van der Waals surface area contributed by atoms with Crippen molar-refractivity contribution in [3.8, 4) is 33.9 Å². The topological polar surface area (TPSA) is 35.6 Å². The number of rotatable bonds is 4. The highest BCUT2D eigenvalue weighted by molar-refractivity contribution is 9.10. The highest BCUT2D eigenvalue weighted by Crippen LogP contribution is 2.33. The van der Waals surface area contributed by atoms with Crippen LogP contribution in [0, 0.1) is 41.8 Å². The molecule has 0 bridgehead atoms. The fraction of sp³-hybridized carbons (Fsp3) is 0.0323. The molecule has 0 aliphatic heterocycles. The monoisotopic (exact) mass is 708 g/mol.